The molecule has 2 N–H and O–H groups in total. The number of rotatable bonds is 3. The van der Waals surface area contributed by atoms with E-state index in [-0.39, 0.29) is 0 Å². The van der Waals surface area contributed by atoms with E-state index in [2.05, 4.69) is 26.0 Å². The Morgan fingerprint density at radius 3 is 2.80 bits per heavy atom. The molecular weight excluding hydrogens is 340 g/mol. The zero-order valence-electron chi connectivity index (χ0n) is 10.6. The van der Waals surface area contributed by atoms with E-state index < -0.39 is 10.0 Å². The number of fused-ring (bicyclic) bond motifs is 1. The molecule has 2 aromatic carbocycles. The molecule has 6 heteroatoms. The van der Waals surface area contributed by atoms with Crippen LogP contribution in [0.2, 0.25) is 0 Å². The molecule has 1 aliphatic heterocycles. The molecule has 0 aliphatic carbocycles. The fraction of sp³-hybridized carbons (Fsp3) is 0.143. The topological polar surface area (TPSA) is 58.2 Å². The van der Waals surface area contributed by atoms with Gasteiger partial charge in [0.05, 0.1) is 4.90 Å². The minimum Gasteiger partial charge on any atom is -0.384 e. The Bertz CT molecular complexity index is 760. The smallest absolute Gasteiger partial charge is 0.261 e. The highest BCUT2D eigenvalue weighted by Gasteiger charge is 2.18. The van der Waals surface area contributed by atoms with Crippen LogP contribution in [0.3, 0.4) is 0 Å². The second kappa shape index (κ2) is 5.10. The van der Waals surface area contributed by atoms with E-state index in [4.69, 9.17) is 0 Å². The Balaban J connectivity index is 1.92. The molecule has 3 rings (SSSR count). The summed E-state index contributed by atoms with van der Waals surface area (Å²) in [6.45, 7) is 0.859. The van der Waals surface area contributed by atoms with Gasteiger partial charge in [-0.25, -0.2) is 8.42 Å². The predicted octanol–water partition coefficient (Wildman–Crippen LogP) is 3.22. The van der Waals surface area contributed by atoms with Crippen LogP contribution in [-0.2, 0) is 16.4 Å². The summed E-state index contributed by atoms with van der Waals surface area (Å²) in [6, 6.07) is 12.3. The second-order valence-electron chi connectivity index (χ2n) is 4.61. The molecule has 0 fully saturated rings. The van der Waals surface area contributed by atoms with Gasteiger partial charge in [-0.2, -0.15) is 0 Å². The summed E-state index contributed by atoms with van der Waals surface area (Å²) < 4.78 is 28.1. The average molecular weight is 353 g/mol. The molecule has 0 bridgehead atoms. The Morgan fingerprint density at radius 1 is 1.15 bits per heavy atom. The Labute approximate surface area is 126 Å². The molecule has 0 aromatic heterocycles. The molecule has 1 heterocycles. The van der Waals surface area contributed by atoms with Crippen LogP contribution in [0.15, 0.2) is 51.8 Å². The molecule has 0 saturated heterocycles. The monoisotopic (exact) mass is 352 g/mol. The van der Waals surface area contributed by atoms with Crippen molar-refractivity contribution < 1.29 is 8.42 Å². The summed E-state index contributed by atoms with van der Waals surface area (Å²) in [5.74, 6) is 0. The van der Waals surface area contributed by atoms with E-state index in [9.17, 15) is 8.42 Å². The Morgan fingerprint density at radius 2 is 2.00 bits per heavy atom. The van der Waals surface area contributed by atoms with E-state index >= 15 is 0 Å². The summed E-state index contributed by atoms with van der Waals surface area (Å²) in [5.41, 5.74) is 2.60. The zero-order valence-corrected chi connectivity index (χ0v) is 13.0. The Hall–Kier alpha value is -1.53. The maximum atomic E-state index is 12.4. The number of benzene rings is 2. The highest BCUT2D eigenvalue weighted by atomic mass is 79.9. The molecule has 0 spiro atoms. The maximum Gasteiger partial charge on any atom is 0.261 e. The lowest BCUT2D eigenvalue weighted by molar-refractivity contribution is 0.601. The van der Waals surface area contributed by atoms with Gasteiger partial charge in [-0.05, 0) is 48.4 Å². The van der Waals surface area contributed by atoms with Gasteiger partial charge < -0.3 is 5.32 Å². The number of hydrogen-bond acceptors (Lipinski definition) is 3. The quantitative estimate of drug-likeness (QED) is 0.891. The molecule has 0 radical (unpaired) electrons. The third-order valence-electron chi connectivity index (χ3n) is 3.17. The normalized spacial score (nSPS) is 13.7. The minimum atomic E-state index is -3.55. The zero-order chi connectivity index (χ0) is 14.2. The molecule has 20 heavy (non-hydrogen) atoms. The van der Waals surface area contributed by atoms with Crippen LogP contribution in [0.5, 0.6) is 0 Å². The van der Waals surface area contributed by atoms with Gasteiger partial charge in [0.1, 0.15) is 0 Å². The summed E-state index contributed by atoms with van der Waals surface area (Å²) >= 11 is 3.32. The van der Waals surface area contributed by atoms with Crippen LogP contribution in [0, 0.1) is 0 Å². The molecule has 2 aromatic rings. The summed E-state index contributed by atoms with van der Waals surface area (Å²) in [7, 11) is -3.55. The molecule has 1 aliphatic rings. The van der Waals surface area contributed by atoms with Crippen molar-refractivity contribution in [2.75, 3.05) is 16.6 Å². The summed E-state index contributed by atoms with van der Waals surface area (Å²) in [6.07, 6.45) is 0.857. The van der Waals surface area contributed by atoms with Crippen LogP contribution >= 0.6 is 15.9 Å². The van der Waals surface area contributed by atoms with Gasteiger partial charge in [0, 0.05) is 22.4 Å². The molecular formula is C14H13BrN2O2S. The number of anilines is 2. The molecule has 0 saturated carbocycles. The van der Waals surface area contributed by atoms with Gasteiger partial charge in [0.15, 0.2) is 0 Å². The first kappa shape index (κ1) is 13.5. The van der Waals surface area contributed by atoms with Crippen molar-refractivity contribution in [1.82, 2.24) is 0 Å². The number of sulfonamides is 1. The van der Waals surface area contributed by atoms with Crippen LogP contribution in [0.1, 0.15) is 5.56 Å². The van der Waals surface area contributed by atoms with Crippen LogP contribution in [0.25, 0.3) is 0 Å². The van der Waals surface area contributed by atoms with E-state index in [0.717, 1.165) is 28.7 Å². The SMILES string of the molecule is O=S(=O)(Nc1cccc(Br)c1)c1ccc2c(c1)CCN2. The van der Waals surface area contributed by atoms with Gasteiger partial charge >= 0.3 is 0 Å². The van der Waals surface area contributed by atoms with Gasteiger partial charge in [-0.3, -0.25) is 4.72 Å². The van der Waals surface area contributed by atoms with E-state index in [1.807, 2.05) is 12.1 Å². The molecule has 0 unspecified atom stereocenters. The van der Waals surface area contributed by atoms with Gasteiger partial charge in [0.2, 0.25) is 0 Å². The molecule has 4 nitrogen and oxygen atoms in total. The first-order chi connectivity index (χ1) is 9.54. The minimum absolute atomic E-state index is 0.292. The second-order valence-corrected chi connectivity index (χ2v) is 7.21. The highest BCUT2D eigenvalue weighted by Crippen LogP contribution is 2.26. The van der Waals surface area contributed by atoms with Crippen molar-refractivity contribution in [2.45, 2.75) is 11.3 Å². The van der Waals surface area contributed by atoms with Crippen molar-refractivity contribution in [3.8, 4) is 0 Å². The van der Waals surface area contributed by atoms with Crippen molar-refractivity contribution >= 4 is 37.3 Å². The van der Waals surface area contributed by atoms with Gasteiger partial charge in [-0.1, -0.05) is 22.0 Å². The lowest BCUT2D eigenvalue weighted by Gasteiger charge is -2.09. The van der Waals surface area contributed by atoms with Crippen LogP contribution in [-0.4, -0.2) is 15.0 Å². The third kappa shape index (κ3) is 2.66. The molecule has 104 valence electrons. The maximum absolute atomic E-state index is 12.4. The molecule has 0 amide bonds. The largest absolute Gasteiger partial charge is 0.384 e. The number of nitrogens with one attached hydrogen (secondary N) is 2. The van der Waals surface area contributed by atoms with E-state index in [1.165, 1.54) is 0 Å². The van der Waals surface area contributed by atoms with Crippen molar-refractivity contribution in [1.29, 1.82) is 0 Å². The fourth-order valence-corrected chi connectivity index (χ4v) is 3.71. The third-order valence-corrected chi connectivity index (χ3v) is 5.05. The molecule has 0 atom stereocenters. The van der Waals surface area contributed by atoms with Gasteiger partial charge in [0.25, 0.3) is 10.0 Å². The lowest BCUT2D eigenvalue weighted by Crippen LogP contribution is -2.13. The number of halogens is 1. The standard InChI is InChI=1S/C14H13BrN2O2S/c15-11-2-1-3-12(9-11)17-20(18,19)13-4-5-14-10(8-13)6-7-16-14/h1-5,8-9,16-17H,6-7H2. The number of hydrogen-bond donors (Lipinski definition) is 2. The van der Waals surface area contributed by atoms with E-state index in [1.54, 1.807) is 30.3 Å². The highest BCUT2D eigenvalue weighted by molar-refractivity contribution is 9.10. The van der Waals surface area contributed by atoms with Crippen LogP contribution < -0.4 is 10.0 Å². The predicted molar refractivity (Wildman–Crippen MR) is 83.6 cm³/mol. The van der Waals surface area contributed by atoms with Gasteiger partial charge in [-0.15, -0.1) is 0 Å². The lowest BCUT2D eigenvalue weighted by atomic mass is 10.2. The summed E-state index contributed by atoms with van der Waals surface area (Å²) in [5, 5.41) is 3.21. The van der Waals surface area contributed by atoms with Crippen molar-refractivity contribution in [3.63, 3.8) is 0 Å². The van der Waals surface area contributed by atoms with Crippen molar-refractivity contribution in [2.24, 2.45) is 0 Å². The fourth-order valence-electron chi connectivity index (χ4n) is 2.21. The van der Waals surface area contributed by atoms with E-state index in [0.29, 0.717) is 10.6 Å². The average Bonchev–Trinajstić information content (AvgIpc) is 2.85. The van der Waals surface area contributed by atoms with Crippen molar-refractivity contribution in [3.05, 3.63) is 52.5 Å². The first-order valence-corrected chi connectivity index (χ1v) is 8.47. The Kier molecular flexibility index (Phi) is 3.43. The first-order valence-electron chi connectivity index (χ1n) is 6.20. The summed E-state index contributed by atoms with van der Waals surface area (Å²) in [4.78, 5) is 0.292. The van der Waals surface area contributed by atoms with Crippen LogP contribution in [0.4, 0.5) is 11.4 Å².